The molecule has 3 rings (SSSR count). The van der Waals surface area contributed by atoms with E-state index in [9.17, 15) is 4.79 Å². The van der Waals surface area contributed by atoms with Crippen LogP contribution in [0.2, 0.25) is 0 Å². The van der Waals surface area contributed by atoms with Gasteiger partial charge in [-0.05, 0) is 42.0 Å². The van der Waals surface area contributed by atoms with Crippen molar-refractivity contribution < 1.29 is 4.79 Å². The van der Waals surface area contributed by atoms with Crippen molar-refractivity contribution in [1.29, 1.82) is 0 Å². The largest absolute Gasteiger partial charge is 0.399 e. The Hall–Kier alpha value is -1.51. The highest BCUT2D eigenvalue weighted by Crippen LogP contribution is 2.29. The van der Waals surface area contributed by atoms with E-state index in [-0.39, 0.29) is 0 Å². The molecule has 108 valence electrons. The lowest BCUT2D eigenvalue weighted by Crippen LogP contribution is -2.36. The molecule has 1 amide bonds. The molecule has 1 saturated carbocycles. The monoisotopic (exact) mass is 272 g/mol. The molecule has 1 aliphatic heterocycles. The Morgan fingerprint density at radius 2 is 2.05 bits per heavy atom. The summed E-state index contributed by atoms with van der Waals surface area (Å²) < 4.78 is 0. The molecule has 1 fully saturated rings. The molecule has 0 spiro atoms. The summed E-state index contributed by atoms with van der Waals surface area (Å²) in [5.74, 6) is 1.12. The van der Waals surface area contributed by atoms with Crippen molar-refractivity contribution in [2.24, 2.45) is 5.92 Å². The van der Waals surface area contributed by atoms with Crippen LogP contribution in [0.4, 0.5) is 5.69 Å². The second kappa shape index (κ2) is 5.86. The maximum absolute atomic E-state index is 12.3. The summed E-state index contributed by atoms with van der Waals surface area (Å²) in [6.07, 6.45) is 8.13. The van der Waals surface area contributed by atoms with Gasteiger partial charge in [-0.3, -0.25) is 4.79 Å². The molecule has 1 heterocycles. The van der Waals surface area contributed by atoms with Crippen molar-refractivity contribution in [2.45, 2.75) is 51.5 Å². The zero-order valence-corrected chi connectivity index (χ0v) is 12.1. The zero-order chi connectivity index (χ0) is 13.9. The van der Waals surface area contributed by atoms with Crippen LogP contribution in [-0.2, 0) is 17.8 Å². The molecule has 3 heteroatoms. The number of carbonyl (C=O) groups is 1. The van der Waals surface area contributed by atoms with Gasteiger partial charge in [0.1, 0.15) is 0 Å². The third-order valence-corrected chi connectivity index (χ3v) is 4.84. The first-order valence-corrected chi connectivity index (χ1v) is 7.87. The number of fused-ring (bicyclic) bond motifs is 1. The number of anilines is 1. The zero-order valence-electron chi connectivity index (χ0n) is 12.1. The second-order valence-corrected chi connectivity index (χ2v) is 6.28. The molecule has 2 aliphatic rings. The fourth-order valence-electron chi connectivity index (χ4n) is 3.57. The standard InChI is InChI=1S/C17H24N2O/c18-16-7-6-14-9-10-19(12-15(14)11-16)17(20)8-5-13-3-1-2-4-13/h6-7,11,13H,1-5,8-10,12,18H2. The number of hydrogen-bond donors (Lipinski definition) is 1. The van der Waals surface area contributed by atoms with Gasteiger partial charge in [-0.25, -0.2) is 0 Å². The molecule has 3 nitrogen and oxygen atoms in total. The normalized spacial score (nSPS) is 19.1. The molecule has 0 atom stereocenters. The summed E-state index contributed by atoms with van der Waals surface area (Å²) >= 11 is 0. The minimum Gasteiger partial charge on any atom is -0.399 e. The molecule has 0 aromatic heterocycles. The van der Waals surface area contributed by atoms with E-state index in [2.05, 4.69) is 6.07 Å². The molecule has 1 aromatic rings. The lowest BCUT2D eigenvalue weighted by atomic mass is 9.97. The summed E-state index contributed by atoms with van der Waals surface area (Å²) in [4.78, 5) is 14.4. The lowest BCUT2D eigenvalue weighted by molar-refractivity contribution is -0.132. The minimum atomic E-state index is 0.324. The SMILES string of the molecule is Nc1ccc2c(c1)CN(C(=O)CCC1CCCC1)CC2. The highest BCUT2D eigenvalue weighted by Gasteiger charge is 2.22. The maximum Gasteiger partial charge on any atom is 0.222 e. The molecular formula is C17H24N2O. The molecular weight excluding hydrogens is 248 g/mol. The number of carbonyl (C=O) groups excluding carboxylic acids is 1. The second-order valence-electron chi connectivity index (χ2n) is 6.28. The lowest BCUT2D eigenvalue weighted by Gasteiger charge is -2.29. The smallest absolute Gasteiger partial charge is 0.222 e. The van der Waals surface area contributed by atoms with Gasteiger partial charge in [-0.15, -0.1) is 0 Å². The van der Waals surface area contributed by atoms with Gasteiger partial charge >= 0.3 is 0 Å². The van der Waals surface area contributed by atoms with Crippen LogP contribution in [-0.4, -0.2) is 17.4 Å². The van der Waals surface area contributed by atoms with Crippen LogP contribution in [0.5, 0.6) is 0 Å². The van der Waals surface area contributed by atoms with Crippen LogP contribution < -0.4 is 5.73 Å². The Bertz CT molecular complexity index is 492. The van der Waals surface area contributed by atoms with Crippen LogP contribution >= 0.6 is 0 Å². The summed E-state index contributed by atoms with van der Waals surface area (Å²) in [6.45, 7) is 1.60. The number of nitrogen functional groups attached to an aromatic ring is 1. The molecule has 0 saturated heterocycles. The van der Waals surface area contributed by atoms with E-state index in [1.165, 1.54) is 36.8 Å². The van der Waals surface area contributed by atoms with Gasteiger partial charge in [0, 0.05) is 25.2 Å². The quantitative estimate of drug-likeness (QED) is 0.859. The van der Waals surface area contributed by atoms with Crippen LogP contribution in [0.1, 0.15) is 49.7 Å². The van der Waals surface area contributed by atoms with E-state index in [0.717, 1.165) is 44.0 Å². The molecule has 20 heavy (non-hydrogen) atoms. The van der Waals surface area contributed by atoms with E-state index in [1.807, 2.05) is 17.0 Å². The number of hydrogen-bond acceptors (Lipinski definition) is 2. The van der Waals surface area contributed by atoms with E-state index in [0.29, 0.717) is 5.91 Å². The van der Waals surface area contributed by atoms with E-state index >= 15 is 0 Å². The van der Waals surface area contributed by atoms with Gasteiger partial charge in [-0.1, -0.05) is 31.7 Å². The Morgan fingerprint density at radius 1 is 1.25 bits per heavy atom. The molecule has 0 unspecified atom stereocenters. The Labute approximate surface area is 121 Å². The predicted molar refractivity (Wildman–Crippen MR) is 81.2 cm³/mol. The van der Waals surface area contributed by atoms with Gasteiger partial charge < -0.3 is 10.6 Å². The highest BCUT2D eigenvalue weighted by atomic mass is 16.2. The van der Waals surface area contributed by atoms with Gasteiger partial charge in [0.15, 0.2) is 0 Å². The van der Waals surface area contributed by atoms with Gasteiger partial charge in [-0.2, -0.15) is 0 Å². The summed E-state index contributed by atoms with van der Waals surface area (Å²) in [5, 5.41) is 0. The number of amides is 1. The molecule has 1 aliphatic carbocycles. The maximum atomic E-state index is 12.3. The first kappa shape index (κ1) is 13.5. The molecule has 0 radical (unpaired) electrons. The van der Waals surface area contributed by atoms with Crippen molar-refractivity contribution in [1.82, 2.24) is 4.90 Å². The minimum absolute atomic E-state index is 0.324. The number of nitrogens with two attached hydrogens (primary N) is 1. The van der Waals surface area contributed by atoms with Crippen molar-refractivity contribution in [3.63, 3.8) is 0 Å². The third kappa shape index (κ3) is 2.97. The van der Waals surface area contributed by atoms with E-state index < -0.39 is 0 Å². The molecule has 2 N–H and O–H groups in total. The fourth-order valence-corrected chi connectivity index (χ4v) is 3.57. The number of rotatable bonds is 3. The summed E-state index contributed by atoms with van der Waals surface area (Å²) in [7, 11) is 0. The average Bonchev–Trinajstić information content (AvgIpc) is 2.97. The first-order chi connectivity index (χ1) is 9.72. The fraction of sp³-hybridized carbons (Fsp3) is 0.588. The Kier molecular flexibility index (Phi) is 3.95. The Morgan fingerprint density at radius 3 is 2.85 bits per heavy atom. The van der Waals surface area contributed by atoms with Crippen molar-refractivity contribution in [3.8, 4) is 0 Å². The van der Waals surface area contributed by atoms with Gasteiger partial charge in [0.2, 0.25) is 5.91 Å². The molecule has 1 aromatic carbocycles. The van der Waals surface area contributed by atoms with Crippen molar-refractivity contribution in [3.05, 3.63) is 29.3 Å². The van der Waals surface area contributed by atoms with Crippen LogP contribution in [0, 0.1) is 5.92 Å². The van der Waals surface area contributed by atoms with Crippen molar-refractivity contribution >= 4 is 11.6 Å². The topological polar surface area (TPSA) is 46.3 Å². The van der Waals surface area contributed by atoms with E-state index in [1.54, 1.807) is 0 Å². The Balaban J connectivity index is 1.57. The first-order valence-electron chi connectivity index (χ1n) is 7.87. The van der Waals surface area contributed by atoms with Crippen molar-refractivity contribution in [2.75, 3.05) is 12.3 Å². The third-order valence-electron chi connectivity index (χ3n) is 4.84. The number of benzene rings is 1. The van der Waals surface area contributed by atoms with E-state index in [4.69, 9.17) is 5.73 Å². The van der Waals surface area contributed by atoms with Crippen LogP contribution in [0.25, 0.3) is 0 Å². The van der Waals surface area contributed by atoms with Gasteiger partial charge in [0.05, 0.1) is 0 Å². The van der Waals surface area contributed by atoms with Crippen LogP contribution in [0.15, 0.2) is 18.2 Å². The highest BCUT2D eigenvalue weighted by molar-refractivity contribution is 5.76. The van der Waals surface area contributed by atoms with Gasteiger partial charge in [0.25, 0.3) is 0 Å². The number of nitrogens with zero attached hydrogens (tertiary/aromatic N) is 1. The van der Waals surface area contributed by atoms with Crippen LogP contribution in [0.3, 0.4) is 0 Å². The average molecular weight is 272 g/mol. The summed E-state index contributed by atoms with van der Waals surface area (Å²) in [6, 6.07) is 6.08. The molecule has 0 bridgehead atoms. The summed E-state index contributed by atoms with van der Waals surface area (Å²) in [5.41, 5.74) is 9.21. The predicted octanol–water partition coefficient (Wildman–Crippen LogP) is 3.12.